The van der Waals surface area contributed by atoms with Crippen LogP contribution in [0.1, 0.15) is 12.8 Å². The average Bonchev–Trinajstić information content (AvgIpc) is 3.22. The number of rotatable bonds is 5. The maximum Gasteiger partial charge on any atom is 0.323 e. The molecule has 0 atom stereocenters. The quantitative estimate of drug-likeness (QED) is 0.864. The van der Waals surface area contributed by atoms with Gasteiger partial charge in [0, 0.05) is 17.8 Å². The van der Waals surface area contributed by atoms with Crippen LogP contribution >= 0.6 is 0 Å². The molecule has 0 saturated heterocycles. The van der Waals surface area contributed by atoms with Crippen molar-refractivity contribution in [3.63, 3.8) is 0 Å². The molecule has 1 saturated carbocycles. The molecule has 0 aromatic heterocycles. The number of urea groups is 1. The molecule has 0 radical (unpaired) electrons. The number of carboxylic acid groups (broad SMARTS) is 1. The molecule has 0 bridgehead atoms. The standard InChI is InChI=1S/C13H15FN2O4/c1-20-11-6-8(2-5-10(11)14)15-13(19)16(7-12(17)18)9-3-4-9/h2,5-6,9H,3-4,7H2,1H3,(H,15,19)(H,17,18). The zero-order chi connectivity index (χ0) is 14.7. The molecule has 1 aliphatic carbocycles. The molecule has 1 aliphatic rings. The fraction of sp³-hybridized carbons (Fsp3) is 0.385. The number of anilines is 1. The van der Waals surface area contributed by atoms with Gasteiger partial charge >= 0.3 is 12.0 Å². The lowest BCUT2D eigenvalue weighted by molar-refractivity contribution is -0.137. The van der Waals surface area contributed by atoms with Gasteiger partial charge in [-0.05, 0) is 25.0 Å². The molecule has 20 heavy (non-hydrogen) atoms. The maximum atomic E-state index is 13.3. The van der Waals surface area contributed by atoms with Crippen LogP contribution in [0.15, 0.2) is 18.2 Å². The van der Waals surface area contributed by atoms with Crippen molar-refractivity contribution in [2.45, 2.75) is 18.9 Å². The highest BCUT2D eigenvalue weighted by atomic mass is 19.1. The number of nitrogens with zero attached hydrogens (tertiary/aromatic N) is 1. The first-order valence-electron chi connectivity index (χ1n) is 6.14. The number of carboxylic acids is 1. The third-order valence-electron chi connectivity index (χ3n) is 2.96. The number of halogens is 1. The van der Waals surface area contributed by atoms with Gasteiger partial charge in [0.25, 0.3) is 0 Å². The van der Waals surface area contributed by atoms with Crippen molar-refractivity contribution in [1.82, 2.24) is 4.90 Å². The van der Waals surface area contributed by atoms with E-state index < -0.39 is 17.8 Å². The summed E-state index contributed by atoms with van der Waals surface area (Å²) in [6.45, 7) is -0.352. The van der Waals surface area contributed by atoms with E-state index in [1.54, 1.807) is 0 Å². The van der Waals surface area contributed by atoms with Gasteiger partial charge in [-0.3, -0.25) is 4.79 Å². The van der Waals surface area contributed by atoms with Crippen LogP contribution in [0.5, 0.6) is 5.75 Å². The SMILES string of the molecule is COc1cc(NC(=O)N(CC(=O)O)C2CC2)ccc1F. The highest BCUT2D eigenvalue weighted by molar-refractivity contribution is 5.92. The van der Waals surface area contributed by atoms with E-state index >= 15 is 0 Å². The van der Waals surface area contributed by atoms with Crippen LogP contribution in [0.3, 0.4) is 0 Å². The Morgan fingerprint density at radius 2 is 2.20 bits per heavy atom. The summed E-state index contributed by atoms with van der Waals surface area (Å²) in [7, 11) is 1.32. The lowest BCUT2D eigenvalue weighted by Gasteiger charge is -2.20. The molecule has 108 valence electrons. The van der Waals surface area contributed by atoms with Gasteiger partial charge in [0.15, 0.2) is 11.6 Å². The number of hydrogen-bond acceptors (Lipinski definition) is 3. The van der Waals surface area contributed by atoms with Crippen molar-refractivity contribution < 1.29 is 23.8 Å². The highest BCUT2D eigenvalue weighted by Gasteiger charge is 2.34. The van der Waals surface area contributed by atoms with Gasteiger partial charge in [-0.25, -0.2) is 9.18 Å². The van der Waals surface area contributed by atoms with Crippen molar-refractivity contribution in [2.24, 2.45) is 0 Å². The molecular formula is C13H15FN2O4. The molecule has 7 heteroatoms. The second kappa shape index (κ2) is 5.77. The topological polar surface area (TPSA) is 78.9 Å². The van der Waals surface area contributed by atoms with E-state index in [2.05, 4.69) is 5.32 Å². The monoisotopic (exact) mass is 282 g/mol. The third-order valence-corrected chi connectivity index (χ3v) is 2.96. The minimum Gasteiger partial charge on any atom is -0.494 e. The molecule has 1 aromatic rings. The van der Waals surface area contributed by atoms with Gasteiger partial charge in [0.1, 0.15) is 6.54 Å². The van der Waals surface area contributed by atoms with Gasteiger partial charge in [-0.2, -0.15) is 0 Å². The number of carbonyl (C=O) groups is 2. The van der Waals surface area contributed by atoms with Crippen molar-refractivity contribution in [1.29, 1.82) is 0 Å². The van der Waals surface area contributed by atoms with Crippen LogP contribution in [0.4, 0.5) is 14.9 Å². The predicted octanol–water partition coefficient (Wildman–Crippen LogP) is 1.92. The average molecular weight is 282 g/mol. The van der Waals surface area contributed by atoms with E-state index in [1.807, 2.05) is 0 Å². The Morgan fingerprint density at radius 1 is 1.50 bits per heavy atom. The van der Waals surface area contributed by atoms with Crippen molar-refractivity contribution >= 4 is 17.7 Å². The van der Waals surface area contributed by atoms with E-state index in [0.717, 1.165) is 12.8 Å². The summed E-state index contributed by atoms with van der Waals surface area (Å²) < 4.78 is 18.1. The predicted molar refractivity (Wildman–Crippen MR) is 69.3 cm³/mol. The van der Waals surface area contributed by atoms with E-state index in [9.17, 15) is 14.0 Å². The summed E-state index contributed by atoms with van der Waals surface area (Å²) >= 11 is 0. The largest absolute Gasteiger partial charge is 0.494 e. The lowest BCUT2D eigenvalue weighted by Crippen LogP contribution is -2.40. The molecule has 0 spiro atoms. The van der Waals surface area contributed by atoms with Gasteiger partial charge < -0.3 is 20.1 Å². The molecule has 0 heterocycles. The second-order valence-electron chi connectivity index (χ2n) is 4.53. The fourth-order valence-electron chi connectivity index (χ4n) is 1.83. The van der Waals surface area contributed by atoms with Crippen LogP contribution in [-0.4, -0.2) is 41.7 Å². The summed E-state index contributed by atoms with van der Waals surface area (Å²) in [5.74, 6) is -1.59. The zero-order valence-corrected chi connectivity index (χ0v) is 10.9. The minimum absolute atomic E-state index is 0.0130. The molecular weight excluding hydrogens is 267 g/mol. The molecule has 1 aromatic carbocycles. The van der Waals surface area contributed by atoms with Crippen LogP contribution in [-0.2, 0) is 4.79 Å². The smallest absolute Gasteiger partial charge is 0.323 e. The number of hydrogen-bond donors (Lipinski definition) is 2. The summed E-state index contributed by atoms with van der Waals surface area (Å²) in [4.78, 5) is 24.0. The Bertz CT molecular complexity index is 531. The van der Waals surface area contributed by atoms with Crippen LogP contribution in [0.2, 0.25) is 0 Å². The summed E-state index contributed by atoms with van der Waals surface area (Å²) in [6.07, 6.45) is 1.60. The molecule has 6 nitrogen and oxygen atoms in total. The Balaban J connectivity index is 2.07. The Hall–Kier alpha value is -2.31. The van der Waals surface area contributed by atoms with E-state index in [-0.39, 0.29) is 18.3 Å². The highest BCUT2D eigenvalue weighted by Crippen LogP contribution is 2.28. The van der Waals surface area contributed by atoms with Crippen LogP contribution < -0.4 is 10.1 Å². The molecule has 2 rings (SSSR count). The van der Waals surface area contributed by atoms with Crippen molar-refractivity contribution in [2.75, 3.05) is 19.0 Å². The first-order valence-corrected chi connectivity index (χ1v) is 6.14. The lowest BCUT2D eigenvalue weighted by atomic mass is 10.3. The number of aliphatic carboxylic acids is 1. The number of nitrogens with one attached hydrogen (secondary N) is 1. The second-order valence-corrected chi connectivity index (χ2v) is 4.53. The van der Waals surface area contributed by atoms with E-state index in [1.165, 1.54) is 30.2 Å². The summed E-state index contributed by atoms with van der Waals surface area (Å²) in [5, 5.41) is 11.4. The van der Waals surface area contributed by atoms with Gasteiger partial charge in [-0.15, -0.1) is 0 Å². The summed E-state index contributed by atoms with van der Waals surface area (Å²) in [5.41, 5.74) is 0.351. The molecule has 2 amide bonds. The zero-order valence-electron chi connectivity index (χ0n) is 10.9. The Morgan fingerprint density at radius 3 is 2.75 bits per heavy atom. The van der Waals surface area contributed by atoms with Crippen LogP contribution in [0, 0.1) is 5.82 Å². The number of amides is 2. The number of methoxy groups -OCH3 is 1. The fourth-order valence-corrected chi connectivity index (χ4v) is 1.83. The third kappa shape index (κ3) is 3.37. The Kier molecular flexibility index (Phi) is 4.07. The van der Waals surface area contributed by atoms with Crippen molar-refractivity contribution in [3.8, 4) is 5.75 Å². The first-order chi connectivity index (χ1) is 9.51. The molecule has 2 N–H and O–H groups in total. The number of carbonyl (C=O) groups excluding carboxylic acids is 1. The minimum atomic E-state index is -1.07. The van der Waals surface area contributed by atoms with Crippen molar-refractivity contribution in [3.05, 3.63) is 24.0 Å². The van der Waals surface area contributed by atoms with Crippen LogP contribution in [0.25, 0.3) is 0 Å². The normalized spacial score (nSPS) is 13.7. The van der Waals surface area contributed by atoms with E-state index in [4.69, 9.17) is 9.84 Å². The molecule has 1 fully saturated rings. The molecule has 0 unspecified atom stereocenters. The molecule has 0 aliphatic heterocycles. The number of ether oxygens (including phenoxy) is 1. The van der Waals surface area contributed by atoms with Gasteiger partial charge in [0.05, 0.1) is 7.11 Å². The maximum absolute atomic E-state index is 13.3. The first kappa shape index (κ1) is 14.1. The summed E-state index contributed by atoms with van der Waals surface area (Å²) in [6, 6.07) is 3.37. The Labute approximate surface area is 115 Å². The van der Waals surface area contributed by atoms with Gasteiger partial charge in [-0.1, -0.05) is 0 Å². The number of benzene rings is 1. The van der Waals surface area contributed by atoms with E-state index in [0.29, 0.717) is 5.69 Å². The van der Waals surface area contributed by atoms with Gasteiger partial charge in [0.2, 0.25) is 0 Å².